The van der Waals surface area contributed by atoms with Gasteiger partial charge in [-0.15, -0.1) is 0 Å². The maximum Gasteiger partial charge on any atom is 0.260 e. The highest BCUT2D eigenvalue weighted by Gasteiger charge is 2.23. The minimum absolute atomic E-state index is 0.0402. The number of nitrogens with zero attached hydrogens (tertiary/aromatic N) is 2. The summed E-state index contributed by atoms with van der Waals surface area (Å²) in [7, 11) is -3.73. The fourth-order valence-electron chi connectivity index (χ4n) is 1.54. The zero-order valence-corrected chi connectivity index (χ0v) is 11.6. The van der Waals surface area contributed by atoms with Crippen LogP contribution in [-0.4, -0.2) is 29.8 Å². The van der Waals surface area contributed by atoms with Crippen molar-refractivity contribution in [2.45, 2.75) is 44.8 Å². The smallest absolute Gasteiger partial charge is 0.260 e. The number of hydrogen-bond acceptors (Lipinski definition) is 4. The second-order valence-corrected chi connectivity index (χ2v) is 5.61. The molecule has 1 aromatic rings. The van der Waals surface area contributed by atoms with Crippen LogP contribution in [0.2, 0.25) is 0 Å². The molecule has 0 amide bonds. The molecule has 0 saturated carbocycles. The number of nitrogens with one attached hydrogen (secondary N) is 2. The average Bonchev–Trinajstić information content (AvgIpc) is 2.68. The summed E-state index contributed by atoms with van der Waals surface area (Å²) in [6.45, 7) is 6.05. The fraction of sp³-hybridized carbons (Fsp3) is 0.600. The Bertz CT molecular complexity index is 534. The second kappa shape index (κ2) is 5.49. The zero-order chi connectivity index (χ0) is 13.9. The van der Waals surface area contributed by atoms with Crippen LogP contribution in [0.3, 0.4) is 0 Å². The molecule has 102 valence electrons. The lowest BCUT2D eigenvalue weighted by Gasteiger charge is -2.14. The molecule has 8 heteroatoms. The first-order valence-corrected chi connectivity index (χ1v) is 7.20. The number of aromatic nitrogens is 2. The van der Waals surface area contributed by atoms with Gasteiger partial charge in [0.15, 0.2) is 5.03 Å². The summed E-state index contributed by atoms with van der Waals surface area (Å²) in [5.74, 6) is 0.432. The van der Waals surface area contributed by atoms with Crippen molar-refractivity contribution in [2.75, 3.05) is 0 Å². The second-order valence-electron chi connectivity index (χ2n) is 3.95. The number of aryl methyl sites for hydroxylation is 2. The number of nitrogens with two attached hydrogens (primary N) is 1. The highest BCUT2D eigenvalue weighted by atomic mass is 32.2. The molecule has 1 rings (SSSR count). The first kappa shape index (κ1) is 14.7. The summed E-state index contributed by atoms with van der Waals surface area (Å²) in [6, 6.07) is -0.693. The van der Waals surface area contributed by atoms with Gasteiger partial charge in [-0.25, -0.2) is 13.4 Å². The van der Waals surface area contributed by atoms with Crippen molar-refractivity contribution in [3.8, 4) is 0 Å². The molecule has 0 aliphatic heterocycles. The maximum absolute atomic E-state index is 12.0. The van der Waals surface area contributed by atoms with Crippen LogP contribution < -0.4 is 10.5 Å². The topological polar surface area (TPSA) is 114 Å². The third-order valence-electron chi connectivity index (χ3n) is 2.65. The van der Waals surface area contributed by atoms with Gasteiger partial charge in [0.25, 0.3) is 10.0 Å². The monoisotopic (exact) mass is 273 g/mol. The summed E-state index contributed by atoms with van der Waals surface area (Å²) in [4.78, 5) is 4.00. The van der Waals surface area contributed by atoms with E-state index in [-0.39, 0.29) is 10.9 Å². The molecule has 0 aliphatic carbocycles. The van der Waals surface area contributed by atoms with E-state index >= 15 is 0 Å². The lowest BCUT2D eigenvalue weighted by molar-refractivity contribution is 0.568. The van der Waals surface area contributed by atoms with E-state index in [9.17, 15) is 8.42 Å². The molecule has 0 fully saturated rings. The molecule has 1 unspecified atom stereocenters. The summed E-state index contributed by atoms with van der Waals surface area (Å²) in [5, 5.41) is 7.26. The predicted molar refractivity (Wildman–Crippen MR) is 69.0 cm³/mol. The van der Waals surface area contributed by atoms with Gasteiger partial charge in [-0.3, -0.25) is 5.41 Å². The molecule has 0 bridgehead atoms. The standard InChI is InChI=1S/C10H19N5O2S/c1-4-8(10(11)12)14-18(16,17)9-6-15(5-2)7(3)13-9/h6,8,14H,4-5H2,1-3H3,(H3,11,12). The Morgan fingerprint density at radius 3 is 2.61 bits per heavy atom. The SMILES string of the molecule is CCC(NS(=O)(=O)c1cn(CC)c(C)n1)C(=N)N. The minimum Gasteiger partial charge on any atom is -0.386 e. The van der Waals surface area contributed by atoms with Gasteiger partial charge in [-0.1, -0.05) is 6.92 Å². The van der Waals surface area contributed by atoms with E-state index in [0.29, 0.717) is 18.8 Å². The van der Waals surface area contributed by atoms with Crippen LogP contribution in [0.1, 0.15) is 26.1 Å². The maximum atomic E-state index is 12.0. The molecule has 18 heavy (non-hydrogen) atoms. The van der Waals surface area contributed by atoms with Gasteiger partial charge in [0.2, 0.25) is 0 Å². The van der Waals surface area contributed by atoms with Crippen LogP contribution in [0, 0.1) is 12.3 Å². The van der Waals surface area contributed by atoms with Gasteiger partial charge in [0.05, 0.1) is 6.04 Å². The van der Waals surface area contributed by atoms with Gasteiger partial charge >= 0.3 is 0 Å². The van der Waals surface area contributed by atoms with Crippen molar-refractivity contribution in [3.63, 3.8) is 0 Å². The van der Waals surface area contributed by atoms with Crippen LogP contribution in [0.4, 0.5) is 0 Å². The normalized spacial score (nSPS) is 13.5. The third-order valence-corrected chi connectivity index (χ3v) is 3.99. The van der Waals surface area contributed by atoms with E-state index in [4.69, 9.17) is 11.1 Å². The zero-order valence-electron chi connectivity index (χ0n) is 10.8. The van der Waals surface area contributed by atoms with Crippen LogP contribution in [-0.2, 0) is 16.6 Å². The molecule has 0 aromatic carbocycles. The van der Waals surface area contributed by atoms with Crippen molar-refractivity contribution in [3.05, 3.63) is 12.0 Å². The lowest BCUT2D eigenvalue weighted by atomic mass is 10.2. The summed E-state index contributed by atoms with van der Waals surface area (Å²) in [6.07, 6.45) is 1.90. The molecule has 1 heterocycles. The Hall–Kier alpha value is -1.41. The van der Waals surface area contributed by atoms with E-state index in [1.54, 1.807) is 18.4 Å². The molecule has 0 radical (unpaired) electrons. The van der Waals surface area contributed by atoms with E-state index < -0.39 is 16.1 Å². The third kappa shape index (κ3) is 3.08. The lowest BCUT2D eigenvalue weighted by Crippen LogP contribution is -2.43. The Morgan fingerprint density at radius 1 is 1.61 bits per heavy atom. The summed E-state index contributed by atoms with van der Waals surface area (Å²) in [5.41, 5.74) is 5.32. The number of imidazole rings is 1. The number of amidine groups is 1. The Balaban J connectivity index is 3.02. The number of hydrogen-bond donors (Lipinski definition) is 3. The van der Waals surface area contributed by atoms with E-state index in [1.807, 2.05) is 6.92 Å². The predicted octanol–water partition coefficient (Wildman–Crippen LogP) is 0.204. The molecule has 1 aromatic heterocycles. The van der Waals surface area contributed by atoms with E-state index in [1.165, 1.54) is 6.20 Å². The van der Waals surface area contributed by atoms with Gasteiger partial charge < -0.3 is 10.3 Å². The molecular weight excluding hydrogens is 254 g/mol. The molecule has 1 atom stereocenters. The first-order chi connectivity index (χ1) is 8.31. The number of rotatable bonds is 6. The molecule has 0 spiro atoms. The minimum atomic E-state index is -3.73. The van der Waals surface area contributed by atoms with Crippen LogP contribution in [0.15, 0.2) is 11.2 Å². The highest BCUT2D eigenvalue weighted by molar-refractivity contribution is 7.89. The van der Waals surface area contributed by atoms with Gasteiger partial charge in [-0.2, -0.15) is 4.72 Å². The van der Waals surface area contributed by atoms with Gasteiger partial charge in [-0.05, 0) is 20.3 Å². The van der Waals surface area contributed by atoms with Crippen molar-refractivity contribution >= 4 is 15.9 Å². The Kier molecular flexibility index (Phi) is 4.47. The first-order valence-electron chi connectivity index (χ1n) is 5.71. The summed E-state index contributed by atoms with van der Waals surface area (Å²) < 4.78 is 28.2. The van der Waals surface area contributed by atoms with Crippen molar-refractivity contribution < 1.29 is 8.42 Å². The van der Waals surface area contributed by atoms with Crippen molar-refractivity contribution in [1.29, 1.82) is 5.41 Å². The molecule has 7 nitrogen and oxygen atoms in total. The quantitative estimate of drug-likeness (QED) is 0.507. The summed E-state index contributed by atoms with van der Waals surface area (Å²) >= 11 is 0. The van der Waals surface area contributed by atoms with Gasteiger partial charge in [0.1, 0.15) is 11.7 Å². The fourth-order valence-corrected chi connectivity index (χ4v) is 2.85. The van der Waals surface area contributed by atoms with Gasteiger partial charge in [0, 0.05) is 12.7 Å². The van der Waals surface area contributed by atoms with Crippen LogP contribution >= 0.6 is 0 Å². The highest BCUT2D eigenvalue weighted by Crippen LogP contribution is 2.10. The van der Waals surface area contributed by atoms with Crippen molar-refractivity contribution in [1.82, 2.24) is 14.3 Å². The Morgan fingerprint density at radius 2 is 2.22 bits per heavy atom. The van der Waals surface area contributed by atoms with E-state index in [0.717, 1.165) is 0 Å². The molecule has 4 N–H and O–H groups in total. The molecule has 0 aliphatic rings. The van der Waals surface area contributed by atoms with Crippen LogP contribution in [0.25, 0.3) is 0 Å². The molecular formula is C10H19N5O2S. The van der Waals surface area contributed by atoms with Crippen LogP contribution in [0.5, 0.6) is 0 Å². The number of sulfonamides is 1. The Labute approximate surface area is 107 Å². The largest absolute Gasteiger partial charge is 0.386 e. The van der Waals surface area contributed by atoms with E-state index in [2.05, 4.69) is 9.71 Å². The van der Waals surface area contributed by atoms with Crippen molar-refractivity contribution in [2.24, 2.45) is 5.73 Å². The average molecular weight is 273 g/mol. The molecule has 0 saturated heterocycles.